The second-order valence-electron chi connectivity index (χ2n) is 4.72. The average molecular weight is 299 g/mol. The van der Waals surface area contributed by atoms with Gasteiger partial charge in [0, 0.05) is 23.7 Å². The van der Waals surface area contributed by atoms with E-state index in [0.29, 0.717) is 11.9 Å². The van der Waals surface area contributed by atoms with E-state index in [2.05, 4.69) is 10.4 Å². The van der Waals surface area contributed by atoms with Crippen molar-refractivity contribution in [2.75, 3.05) is 11.9 Å². The van der Waals surface area contributed by atoms with Crippen LogP contribution in [0.15, 0.2) is 12.1 Å². The van der Waals surface area contributed by atoms with Crippen molar-refractivity contribution in [3.05, 3.63) is 46.4 Å². The molecule has 2 aromatic rings. The van der Waals surface area contributed by atoms with Gasteiger partial charge in [0.15, 0.2) is 11.6 Å². The number of anilines is 1. The summed E-state index contributed by atoms with van der Waals surface area (Å²) in [4.78, 5) is 0. The maximum absolute atomic E-state index is 13.6. The minimum absolute atomic E-state index is 0.0135. The molecule has 0 aliphatic carbocycles. The average Bonchev–Trinajstić information content (AvgIpc) is 2.69. The molecule has 0 unspecified atom stereocenters. The van der Waals surface area contributed by atoms with Crippen molar-refractivity contribution in [1.82, 2.24) is 9.78 Å². The first-order chi connectivity index (χ1) is 9.93. The Balaban J connectivity index is 2.22. The fourth-order valence-corrected chi connectivity index (χ4v) is 2.03. The Bertz CT molecular complexity index is 655. The molecule has 0 saturated carbocycles. The van der Waals surface area contributed by atoms with Crippen LogP contribution in [0.2, 0.25) is 0 Å². The number of aliphatic hydroxyl groups is 1. The molecule has 114 valence electrons. The summed E-state index contributed by atoms with van der Waals surface area (Å²) in [5, 5.41) is 16.2. The Labute approximate surface area is 120 Å². The number of aryl methyl sites for hydroxylation is 1. The summed E-state index contributed by atoms with van der Waals surface area (Å²) in [6.07, 6.45) is 0. The van der Waals surface area contributed by atoms with Crippen LogP contribution in [0.4, 0.5) is 19.0 Å². The van der Waals surface area contributed by atoms with Crippen LogP contribution < -0.4 is 5.32 Å². The Kier molecular flexibility index (Phi) is 4.52. The summed E-state index contributed by atoms with van der Waals surface area (Å²) in [6.45, 7) is 3.83. The molecule has 4 nitrogen and oxygen atoms in total. The fourth-order valence-electron chi connectivity index (χ4n) is 2.03. The van der Waals surface area contributed by atoms with Crippen LogP contribution in [-0.2, 0) is 13.1 Å². The minimum Gasteiger partial charge on any atom is -0.394 e. The highest BCUT2D eigenvalue weighted by molar-refractivity contribution is 5.47. The predicted molar refractivity (Wildman–Crippen MR) is 72.4 cm³/mol. The van der Waals surface area contributed by atoms with Gasteiger partial charge in [-0.25, -0.2) is 17.9 Å². The lowest BCUT2D eigenvalue weighted by atomic mass is 10.2. The van der Waals surface area contributed by atoms with E-state index >= 15 is 0 Å². The van der Waals surface area contributed by atoms with Gasteiger partial charge in [-0.15, -0.1) is 0 Å². The van der Waals surface area contributed by atoms with Gasteiger partial charge in [0.25, 0.3) is 0 Å². The van der Waals surface area contributed by atoms with Crippen LogP contribution in [-0.4, -0.2) is 21.5 Å². The van der Waals surface area contributed by atoms with Crippen molar-refractivity contribution in [2.24, 2.45) is 0 Å². The number of hydrogen-bond donors (Lipinski definition) is 2. The van der Waals surface area contributed by atoms with E-state index < -0.39 is 17.5 Å². The minimum atomic E-state index is -1.21. The van der Waals surface area contributed by atoms with Crippen molar-refractivity contribution >= 4 is 5.82 Å². The lowest BCUT2D eigenvalue weighted by Gasteiger charge is -2.11. The third-order valence-electron chi connectivity index (χ3n) is 3.27. The maximum Gasteiger partial charge on any atom is 0.161 e. The smallest absolute Gasteiger partial charge is 0.161 e. The Hall–Kier alpha value is -2.02. The number of benzene rings is 1. The lowest BCUT2D eigenvalue weighted by Crippen LogP contribution is -2.12. The molecule has 0 radical (unpaired) electrons. The first kappa shape index (κ1) is 15.4. The van der Waals surface area contributed by atoms with Gasteiger partial charge >= 0.3 is 0 Å². The molecule has 1 aromatic carbocycles. The number of halogens is 3. The number of aliphatic hydroxyl groups excluding tert-OH is 1. The van der Waals surface area contributed by atoms with Gasteiger partial charge in [0.2, 0.25) is 0 Å². The zero-order chi connectivity index (χ0) is 15.6. The number of rotatable bonds is 5. The zero-order valence-corrected chi connectivity index (χ0v) is 11.8. The molecule has 0 saturated heterocycles. The third-order valence-corrected chi connectivity index (χ3v) is 3.27. The van der Waals surface area contributed by atoms with Crippen LogP contribution in [0, 0.1) is 31.3 Å². The normalized spacial score (nSPS) is 11.0. The van der Waals surface area contributed by atoms with Crippen LogP contribution >= 0.6 is 0 Å². The van der Waals surface area contributed by atoms with Crippen LogP contribution in [0.3, 0.4) is 0 Å². The van der Waals surface area contributed by atoms with Crippen molar-refractivity contribution < 1.29 is 18.3 Å². The molecule has 0 aliphatic heterocycles. The molecule has 0 spiro atoms. The van der Waals surface area contributed by atoms with Crippen molar-refractivity contribution in [1.29, 1.82) is 0 Å². The molecule has 0 bridgehead atoms. The van der Waals surface area contributed by atoms with Gasteiger partial charge in [-0.1, -0.05) is 0 Å². The van der Waals surface area contributed by atoms with Gasteiger partial charge in [0.1, 0.15) is 11.6 Å². The molecular weight excluding hydrogens is 283 g/mol. The van der Waals surface area contributed by atoms with Crippen molar-refractivity contribution in [3.63, 3.8) is 0 Å². The first-order valence-corrected chi connectivity index (χ1v) is 6.46. The number of hydrogen-bond acceptors (Lipinski definition) is 3. The van der Waals surface area contributed by atoms with E-state index in [0.717, 1.165) is 17.3 Å². The van der Waals surface area contributed by atoms with Gasteiger partial charge in [0.05, 0.1) is 18.8 Å². The van der Waals surface area contributed by atoms with E-state index in [-0.39, 0.29) is 25.3 Å². The standard InChI is InChI=1S/C14H16F3N3O/c1-8-9(2)19-20(3-4-21)14(8)18-7-10-5-12(16)13(17)6-11(10)15/h5-6,18,21H,3-4,7H2,1-2H3. The Morgan fingerprint density at radius 2 is 1.81 bits per heavy atom. The largest absolute Gasteiger partial charge is 0.394 e. The summed E-state index contributed by atoms with van der Waals surface area (Å²) in [5.41, 5.74) is 1.64. The van der Waals surface area contributed by atoms with Gasteiger partial charge in [-0.2, -0.15) is 5.10 Å². The molecule has 2 rings (SSSR count). The molecule has 0 aliphatic rings. The summed E-state index contributed by atoms with van der Waals surface area (Å²) in [6, 6.07) is 1.35. The SMILES string of the molecule is Cc1nn(CCO)c(NCc2cc(F)c(F)cc2F)c1C. The number of aromatic nitrogens is 2. The summed E-state index contributed by atoms with van der Waals surface area (Å²) in [5.74, 6) is -2.51. The summed E-state index contributed by atoms with van der Waals surface area (Å²) < 4.78 is 41.2. The van der Waals surface area contributed by atoms with Crippen LogP contribution in [0.1, 0.15) is 16.8 Å². The van der Waals surface area contributed by atoms with E-state index in [1.54, 1.807) is 4.68 Å². The monoisotopic (exact) mass is 299 g/mol. The molecule has 1 heterocycles. The molecule has 2 N–H and O–H groups in total. The fraction of sp³-hybridized carbons (Fsp3) is 0.357. The molecule has 7 heteroatoms. The molecule has 21 heavy (non-hydrogen) atoms. The van der Waals surface area contributed by atoms with Gasteiger partial charge in [-0.05, 0) is 19.9 Å². The van der Waals surface area contributed by atoms with Crippen LogP contribution in [0.25, 0.3) is 0 Å². The Morgan fingerprint density at radius 3 is 2.48 bits per heavy atom. The molecule has 0 amide bonds. The molecule has 1 aromatic heterocycles. The van der Waals surface area contributed by atoms with E-state index in [4.69, 9.17) is 5.11 Å². The topological polar surface area (TPSA) is 50.1 Å². The molecule has 0 fully saturated rings. The maximum atomic E-state index is 13.6. The van der Waals surface area contributed by atoms with Crippen molar-refractivity contribution in [3.8, 4) is 0 Å². The zero-order valence-electron chi connectivity index (χ0n) is 11.8. The predicted octanol–water partition coefficient (Wildman–Crippen LogP) is 2.52. The highest BCUT2D eigenvalue weighted by atomic mass is 19.2. The van der Waals surface area contributed by atoms with Crippen molar-refractivity contribution in [2.45, 2.75) is 26.9 Å². The molecular formula is C14H16F3N3O. The lowest BCUT2D eigenvalue weighted by molar-refractivity contribution is 0.270. The molecule has 0 atom stereocenters. The van der Waals surface area contributed by atoms with Gasteiger partial charge < -0.3 is 10.4 Å². The highest BCUT2D eigenvalue weighted by Gasteiger charge is 2.13. The first-order valence-electron chi connectivity index (χ1n) is 6.46. The summed E-state index contributed by atoms with van der Waals surface area (Å²) in [7, 11) is 0. The van der Waals surface area contributed by atoms with Crippen LogP contribution in [0.5, 0.6) is 0 Å². The Morgan fingerprint density at radius 1 is 1.14 bits per heavy atom. The van der Waals surface area contributed by atoms with E-state index in [1.165, 1.54) is 0 Å². The quantitative estimate of drug-likeness (QED) is 0.834. The third kappa shape index (κ3) is 3.18. The second kappa shape index (κ2) is 6.17. The van der Waals surface area contributed by atoms with Gasteiger partial charge in [-0.3, -0.25) is 0 Å². The van der Waals surface area contributed by atoms with E-state index in [9.17, 15) is 13.2 Å². The number of nitrogens with one attached hydrogen (secondary N) is 1. The summed E-state index contributed by atoms with van der Waals surface area (Å²) >= 11 is 0. The number of nitrogens with zero attached hydrogens (tertiary/aromatic N) is 2. The second-order valence-corrected chi connectivity index (χ2v) is 4.72. The highest BCUT2D eigenvalue weighted by Crippen LogP contribution is 2.20. The van der Waals surface area contributed by atoms with E-state index in [1.807, 2.05) is 13.8 Å².